The lowest BCUT2D eigenvalue weighted by atomic mass is 10.0. The van der Waals surface area contributed by atoms with Gasteiger partial charge in [0.05, 0.1) is 0 Å². The number of carbonyl (C=O) groups is 1. The van der Waals surface area contributed by atoms with Crippen LogP contribution in [-0.4, -0.2) is 23.7 Å². The minimum Gasteiger partial charge on any atom is -0.479 e. The molecule has 0 spiro atoms. The first-order valence-electron chi connectivity index (χ1n) is 6.89. The van der Waals surface area contributed by atoms with E-state index in [1.807, 2.05) is 42.5 Å². The number of carboxylic acid groups (broad SMARTS) is 1. The summed E-state index contributed by atoms with van der Waals surface area (Å²) >= 11 is 0. The van der Waals surface area contributed by atoms with Gasteiger partial charge in [0.25, 0.3) is 0 Å². The molecule has 2 rings (SSSR count). The molecule has 0 aliphatic carbocycles. The summed E-state index contributed by atoms with van der Waals surface area (Å²) in [4.78, 5) is 10.9. The summed E-state index contributed by atoms with van der Waals surface area (Å²) in [5.41, 5.74) is 8.59. The van der Waals surface area contributed by atoms with Crippen molar-refractivity contribution in [3.63, 3.8) is 0 Å². The Morgan fingerprint density at radius 2 is 1.86 bits per heavy atom. The highest BCUT2D eigenvalue weighted by Gasteiger charge is 2.15. The Hall–Kier alpha value is -2.33. The summed E-state index contributed by atoms with van der Waals surface area (Å²) in [5.74, 6) is -0.415. The van der Waals surface area contributed by atoms with Crippen LogP contribution in [0.15, 0.2) is 48.5 Å². The summed E-state index contributed by atoms with van der Waals surface area (Å²) in [5, 5.41) is 8.96. The van der Waals surface area contributed by atoms with Crippen molar-refractivity contribution in [2.24, 2.45) is 5.73 Å². The molecule has 0 bridgehead atoms. The molecule has 0 radical (unpaired) electrons. The lowest BCUT2D eigenvalue weighted by molar-refractivity contribution is -0.144. The molecule has 2 aromatic carbocycles. The molecule has 3 N–H and O–H groups in total. The molecule has 2 aromatic rings. The second-order valence-corrected chi connectivity index (χ2v) is 4.83. The fourth-order valence-electron chi connectivity index (χ4n) is 2.07. The third kappa shape index (κ3) is 3.83. The number of aliphatic carboxylic acids is 1. The zero-order valence-electron chi connectivity index (χ0n) is 12.0. The molecule has 0 amide bonds. The summed E-state index contributed by atoms with van der Waals surface area (Å²) in [6.07, 6.45) is -0.0447. The van der Waals surface area contributed by atoms with E-state index in [1.54, 1.807) is 6.07 Å². The average molecular weight is 285 g/mol. The van der Waals surface area contributed by atoms with Crippen molar-refractivity contribution in [1.29, 1.82) is 0 Å². The van der Waals surface area contributed by atoms with Crippen LogP contribution in [0.1, 0.15) is 12.5 Å². The number of rotatable bonds is 6. The van der Waals surface area contributed by atoms with Crippen molar-refractivity contribution in [2.75, 3.05) is 6.54 Å². The zero-order valence-corrected chi connectivity index (χ0v) is 12.0. The standard InChI is InChI=1S/C17H19NO3/c1-12(17(19)20)21-16-5-3-2-4-15(16)14-8-6-13(7-9-14)10-11-18/h2-9,12H,10-11,18H2,1H3,(H,19,20). The lowest BCUT2D eigenvalue weighted by Gasteiger charge is -2.14. The van der Waals surface area contributed by atoms with E-state index < -0.39 is 12.1 Å². The van der Waals surface area contributed by atoms with Gasteiger partial charge in [0.15, 0.2) is 6.10 Å². The first-order chi connectivity index (χ1) is 10.1. The first kappa shape index (κ1) is 15.1. The monoisotopic (exact) mass is 285 g/mol. The molecule has 21 heavy (non-hydrogen) atoms. The molecule has 1 unspecified atom stereocenters. The van der Waals surface area contributed by atoms with E-state index in [4.69, 9.17) is 15.6 Å². The lowest BCUT2D eigenvalue weighted by Crippen LogP contribution is -2.23. The van der Waals surface area contributed by atoms with Crippen LogP contribution in [0.3, 0.4) is 0 Å². The predicted molar refractivity (Wildman–Crippen MR) is 82.4 cm³/mol. The van der Waals surface area contributed by atoms with Crippen LogP contribution >= 0.6 is 0 Å². The molecule has 0 aliphatic rings. The molecular weight excluding hydrogens is 266 g/mol. The molecule has 0 fully saturated rings. The summed E-state index contributed by atoms with van der Waals surface area (Å²) in [6.45, 7) is 2.14. The second kappa shape index (κ2) is 6.90. The van der Waals surface area contributed by atoms with Crippen molar-refractivity contribution >= 4 is 5.97 Å². The Bertz CT molecular complexity index is 608. The van der Waals surface area contributed by atoms with Crippen LogP contribution < -0.4 is 10.5 Å². The Morgan fingerprint density at radius 3 is 2.48 bits per heavy atom. The van der Waals surface area contributed by atoms with E-state index in [0.717, 1.165) is 17.5 Å². The minimum absolute atomic E-state index is 0.568. The number of carboxylic acids is 1. The quantitative estimate of drug-likeness (QED) is 0.856. The molecule has 0 aromatic heterocycles. The fourth-order valence-corrected chi connectivity index (χ4v) is 2.07. The predicted octanol–water partition coefficient (Wildman–Crippen LogP) is 2.71. The molecule has 110 valence electrons. The van der Waals surface area contributed by atoms with Gasteiger partial charge in [-0.25, -0.2) is 4.79 Å². The van der Waals surface area contributed by atoms with E-state index in [0.29, 0.717) is 12.3 Å². The zero-order chi connectivity index (χ0) is 15.2. The Morgan fingerprint density at radius 1 is 1.19 bits per heavy atom. The Balaban J connectivity index is 2.28. The number of ether oxygens (including phenoxy) is 1. The molecule has 0 heterocycles. The third-order valence-electron chi connectivity index (χ3n) is 3.24. The largest absolute Gasteiger partial charge is 0.479 e. The highest BCUT2D eigenvalue weighted by atomic mass is 16.5. The minimum atomic E-state index is -0.983. The molecular formula is C17H19NO3. The number of hydrogen-bond donors (Lipinski definition) is 2. The van der Waals surface area contributed by atoms with Gasteiger partial charge in [-0.05, 0) is 37.1 Å². The van der Waals surface area contributed by atoms with Gasteiger partial charge in [-0.3, -0.25) is 0 Å². The summed E-state index contributed by atoms with van der Waals surface area (Å²) < 4.78 is 5.52. The highest BCUT2D eigenvalue weighted by Crippen LogP contribution is 2.30. The van der Waals surface area contributed by atoms with Crippen molar-refractivity contribution < 1.29 is 14.6 Å². The molecule has 0 aliphatic heterocycles. The average Bonchev–Trinajstić information content (AvgIpc) is 2.49. The van der Waals surface area contributed by atoms with Crippen molar-refractivity contribution in [3.8, 4) is 16.9 Å². The topological polar surface area (TPSA) is 72.5 Å². The van der Waals surface area contributed by atoms with Gasteiger partial charge < -0.3 is 15.6 Å². The Labute approximate surface area is 124 Å². The third-order valence-corrected chi connectivity index (χ3v) is 3.24. The number of para-hydroxylation sites is 1. The van der Waals surface area contributed by atoms with Gasteiger partial charge in [0, 0.05) is 5.56 Å². The number of nitrogens with two attached hydrogens (primary N) is 1. The smallest absolute Gasteiger partial charge is 0.344 e. The molecule has 1 atom stereocenters. The van der Waals surface area contributed by atoms with Gasteiger partial charge in [-0.15, -0.1) is 0 Å². The van der Waals surface area contributed by atoms with E-state index in [2.05, 4.69) is 0 Å². The van der Waals surface area contributed by atoms with E-state index in [9.17, 15) is 4.79 Å². The SMILES string of the molecule is CC(Oc1ccccc1-c1ccc(CCN)cc1)C(=O)O. The second-order valence-electron chi connectivity index (χ2n) is 4.83. The van der Waals surface area contributed by atoms with Crippen LogP contribution in [0.4, 0.5) is 0 Å². The first-order valence-corrected chi connectivity index (χ1v) is 6.89. The summed E-state index contributed by atoms with van der Waals surface area (Å²) in [7, 11) is 0. The van der Waals surface area contributed by atoms with Crippen LogP contribution in [0, 0.1) is 0 Å². The normalized spacial score (nSPS) is 11.9. The fraction of sp³-hybridized carbons (Fsp3) is 0.235. The van der Waals surface area contributed by atoms with Gasteiger partial charge >= 0.3 is 5.97 Å². The van der Waals surface area contributed by atoms with E-state index in [-0.39, 0.29) is 0 Å². The summed E-state index contributed by atoms with van der Waals surface area (Å²) in [6, 6.07) is 15.5. The number of hydrogen-bond acceptors (Lipinski definition) is 3. The van der Waals surface area contributed by atoms with Crippen molar-refractivity contribution in [2.45, 2.75) is 19.4 Å². The maximum absolute atomic E-state index is 10.9. The van der Waals surface area contributed by atoms with E-state index >= 15 is 0 Å². The van der Waals surface area contributed by atoms with Gasteiger partial charge in [-0.1, -0.05) is 42.5 Å². The molecule has 0 saturated heterocycles. The maximum atomic E-state index is 10.9. The van der Waals surface area contributed by atoms with Crippen LogP contribution in [0.25, 0.3) is 11.1 Å². The van der Waals surface area contributed by atoms with Crippen LogP contribution in [0.2, 0.25) is 0 Å². The number of benzene rings is 2. The molecule has 4 nitrogen and oxygen atoms in total. The van der Waals surface area contributed by atoms with Gasteiger partial charge in [-0.2, -0.15) is 0 Å². The molecule has 4 heteroatoms. The van der Waals surface area contributed by atoms with Gasteiger partial charge in [0.2, 0.25) is 0 Å². The molecule has 0 saturated carbocycles. The van der Waals surface area contributed by atoms with Crippen molar-refractivity contribution in [1.82, 2.24) is 0 Å². The van der Waals surface area contributed by atoms with Crippen LogP contribution in [0.5, 0.6) is 5.75 Å². The van der Waals surface area contributed by atoms with E-state index in [1.165, 1.54) is 12.5 Å². The van der Waals surface area contributed by atoms with Crippen LogP contribution in [-0.2, 0) is 11.2 Å². The van der Waals surface area contributed by atoms with Crippen molar-refractivity contribution in [3.05, 3.63) is 54.1 Å². The highest BCUT2D eigenvalue weighted by molar-refractivity contribution is 5.74. The maximum Gasteiger partial charge on any atom is 0.344 e. The Kier molecular flexibility index (Phi) is 4.95. The van der Waals surface area contributed by atoms with Gasteiger partial charge in [0.1, 0.15) is 5.75 Å².